The van der Waals surface area contributed by atoms with Gasteiger partial charge < -0.3 is 9.47 Å². The van der Waals surface area contributed by atoms with E-state index >= 15 is 0 Å². The van der Waals surface area contributed by atoms with Gasteiger partial charge in [0, 0.05) is 11.1 Å². The molecule has 3 heteroatoms. The van der Waals surface area contributed by atoms with Crippen LogP contribution in [0.2, 0.25) is 0 Å². The van der Waals surface area contributed by atoms with E-state index < -0.39 is 0 Å². The lowest BCUT2D eigenvalue weighted by atomic mass is 9.97. The summed E-state index contributed by atoms with van der Waals surface area (Å²) in [6.07, 6.45) is 13.9. The Morgan fingerprint density at radius 3 is 1.33 bits per heavy atom. The molecule has 2 nitrogen and oxygen atoms in total. The van der Waals surface area contributed by atoms with E-state index in [1.807, 2.05) is 0 Å². The molecule has 0 radical (unpaired) electrons. The van der Waals surface area contributed by atoms with Gasteiger partial charge in [-0.15, -0.1) is 0 Å². The molecule has 2 aliphatic rings. The van der Waals surface area contributed by atoms with Crippen LogP contribution in [-0.4, -0.2) is 25.5 Å². The zero-order valence-corrected chi connectivity index (χ0v) is 22.2. The summed E-state index contributed by atoms with van der Waals surface area (Å²) < 4.78 is 11.8. The highest BCUT2D eigenvalue weighted by Crippen LogP contribution is 2.58. The SMILES string of the molecule is C.COc1ccccc1-c1cccc(-c2ccccc2OC)c1P(C1CCCCC1)C1CCCCC1. The third-order valence-electron chi connectivity index (χ3n) is 8.02. The Morgan fingerprint density at radius 2 is 0.917 bits per heavy atom. The number of benzene rings is 3. The van der Waals surface area contributed by atoms with Crippen molar-refractivity contribution in [1.82, 2.24) is 0 Å². The van der Waals surface area contributed by atoms with Gasteiger partial charge in [0.1, 0.15) is 11.5 Å². The van der Waals surface area contributed by atoms with E-state index in [0.717, 1.165) is 22.8 Å². The number of hydrogen-bond acceptors (Lipinski definition) is 2. The molecule has 3 aromatic rings. The van der Waals surface area contributed by atoms with Crippen molar-refractivity contribution in [2.75, 3.05) is 14.2 Å². The fraction of sp³-hybridized carbons (Fsp3) is 0.455. The summed E-state index contributed by atoms with van der Waals surface area (Å²) in [7, 11) is 3.27. The van der Waals surface area contributed by atoms with Gasteiger partial charge in [0.2, 0.25) is 0 Å². The van der Waals surface area contributed by atoms with E-state index in [1.54, 1.807) is 19.5 Å². The minimum atomic E-state index is -0.327. The normalized spacial score (nSPS) is 17.0. The molecule has 0 bridgehead atoms. The van der Waals surface area contributed by atoms with Crippen molar-refractivity contribution >= 4 is 13.2 Å². The first-order valence-electron chi connectivity index (χ1n) is 13.5. The molecular weight excluding hydrogens is 459 g/mol. The van der Waals surface area contributed by atoms with Gasteiger partial charge in [0.15, 0.2) is 0 Å². The van der Waals surface area contributed by atoms with Crippen LogP contribution >= 0.6 is 7.92 Å². The zero-order valence-electron chi connectivity index (χ0n) is 21.3. The van der Waals surface area contributed by atoms with Gasteiger partial charge in [-0.05, 0) is 65.6 Å². The Bertz CT molecular complexity index is 1030. The van der Waals surface area contributed by atoms with Crippen LogP contribution in [0.5, 0.6) is 11.5 Å². The van der Waals surface area contributed by atoms with Gasteiger partial charge in [-0.3, -0.25) is 0 Å². The summed E-state index contributed by atoms with van der Waals surface area (Å²) in [4.78, 5) is 0. The lowest BCUT2D eigenvalue weighted by molar-refractivity contribution is 0.416. The molecule has 2 saturated carbocycles. The predicted molar refractivity (Wildman–Crippen MR) is 157 cm³/mol. The Hall–Kier alpha value is -2.31. The fourth-order valence-electron chi connectivity index (χ4n) is 6.37. The number of ether oxygens (including phenoxy) is 2. The molecular formula is C33H43O2P. The first kappa shape index (κ1) is 26.7. The lowest BCUT2D eigenvalue weighted by Crippen LogP contribution is -2.28. The molecule has 0 amide bonds. The number of hydrogen-bond donors (Lipinski definition) is 0. The highest BCUT2D eigenvalue weighted by Gasteiger charge is 2.36. The fourth-order valence-corrected chi connectivity index (χ4v) is 10.5. The molecule has 0 saturated heterocycles. The van der Waals surface area contributed by atoms with E-state index in [9.17, 15) is 0 Å². The quantitative estimate of drug-likeness (QED) is 0.300. The molecule has 2 fully saturated rings. The second-order valence-corrected chi connectivity index (χ2v) is 12.8. The average molecular weight is 503 g/mol. The molecule has 0 aliphatic heterocycles. The average Bonchev–Trinajstić information content (AvgIpc) is 2.94. The highest BCUT2D eigenvalue weighted by molar-refractivity contribution is 7.67. The predicted octanol–water partition coefficient (Wildman–Crippen LogP) is 9.45. The van der Waals surface area contributed by atoms with E-state index in [4.69, 9.17) is 9.47 Å². The molecule has 0 aromatic heterocycles. The summed E-state index contributed by atoms with van der Waals surface area (Å²) >= 11 is 0. The third kappa shape index (κ3) is 5.50. The third-order valence-corrected chi connectivity index (χ3v) is 11.6. The maximum atomic E-state index is 5.90. The minimum Gasteiger partial charge on any atom is -0.496 e. The standard InChI is InChI=1S/C32H39O2P.CH4/c1-33-30-22-11-9-18-26(30)28-20-13-21-29(27-19-10-12-23-31(27)34-2)32(28)35(24-14-5-3-6-15-24)25-16-7-4-8-17-25;/h9-13,18-25H,3-8,14-17H2,1-2H3;1H4. The van der Waals surface area contributed by atoms with Crippen LogP contribution in [0.25, 0.3) is 22.3 Å². The number of methoxy groups -OCH3 is 2. The topological polar surface area (TPSA) is 18.5 Å². The Kier molecular flexibility index (Phi) is 9.49. The molecule has 0 atom stereocenters. The monoisotopic (exact) mass is 502 g/mol. The summed E-state index contributed by atoms with van der Waals surface area (Å²) in [5, 5.41) is 1.59. The van der Waals surface area contributed by atoms with Crippen molar-refractivity contribution in [3.8, 4) is 33.8 Å². The van der Waals surface area contributed by atoms with E-state index in [-0.39, 0.29) is 15.3 Å². The summed E-state index contributed by atoms with van der Waals surface area (Å²) in [5.74, 6) is 1.93. The van der Waals surface area contributed by atoms with Crippen LogP contribution < -0.4 is 14.8 Å². The minimum absolute atomic E-state index is 0. The first-order chi connectivity index (χ1) is 17.3. The van der Waals surface area contributed by atoms with Gasteiger partial charge in [-0.2, -0.15) is 0 Å². The summed E-state index contributed by atoms with van der Waals surface area (Å²) in [5.41, 5.74) is 6.81. The Morgan fingerprint density at radius 1 is 0.528 bits per heavy atom. The van der Waals surface area contributed by atoms with E-state index in [2.05, 4.69) is 66.7 Å². The Labute approximate surface area is 220 Å². The Balaban J connectivity index is 0.00000304. The maximum absolute atomic E-state index is 5.90. The van der Waals surface area contributed by atoms with Crippen LogP contribution in [-0.2, 0) is 0 Å². The smallest absolute Gasteiger partial charge is 0.126 e. The van der Waals surface area contributed by atoms with Crippen molar-refractivity contribution in [2.45, 2.75) is 83.0 Å². The van der Waals surface area contributed by atoms with Crippen LogP contribution in [0.1, 0.15) is 71.6 Å². The van der Waals surface area contributed by atoms with E-state index in [0.29, 0.717) is 0 Å². The van der Waals surface area contributed by atoms with Crippen LogP contribution in [0, 0.1) is 0 Å². The molecule has 3 aromatic carbocycles. The first-order valence-corrected chi connectivity index (χ1v) is 15.0. The van der Waals surface area contributed by atoms with Gasteiger partial charge in [-0.25, -0.2) is 0 Å². The largest absolute Gasteiger partial charge is 0.496 e. The molecule has 5 rings (SSSR count). The van der Waals surface area contributed by atoms with E-state index in [1.165, 1.54) is 86.5 Å². The van der Waals surface area contributed by atoms with Crippen LogP contribution in [0.15, 0.2) is 66.7 Å². The lowest BCUT2D eigenvalue weighted by Gasteiger charge is -2.40. The maximum Gasteiger partial charge on any atom is 0.126 e. The van der Waals surface area contributed by atoms with Crippen molar-refractivity contribution in [2.24, 2.45) is 0 Å². The molecule has 0 unspecified atom stereocenters. The molecule has 192 valence electrons. The van der Waals surface area contributed by atoms with Gasteiger partial charge >= 0.3 is 0 Å². The number of rotatable bonds is 7. The van der Waals surface area contributed by atoms with Crippen LogP contribution in [0.3, 0.4) is 0 Å². The van der Waals surface area contributed by atoms with Crippen molar-refractivity contribution in [1.29, 1.82) is 0 Å². The molecule has 0 spiro atoms. The second-order valence-electron chi connectivity index (χ2n) is 10.1. The van der Waals surface area contributed by atoms with Gasteiger partial charge in [0.05, 0.1) is 14.2 Å². The van der Waals surface area contributed by atoms with Crippen molar-refractivity contribution in [3.05, 3.63) is 66.7 Å². The molecule has 0 heterocycles. The second kappa shape index (κ2) is 12.8. The number of para-hydroxylation sites is 2. The zero-order chi connectivity index (χ0) is 24.0. The van der Waals surface area contributed by atoms with Crippen molar-refractivity contribution in [3.63, 3.8) is 0 Å². The molecule has 0 N–H and O–H groups in total. The summed E-state index contributed by atoms with van der Waals surface area (Å²) in [6, 6.07) is 24.1. The highest BCUT2D eigenvalue weighted by atomic mass is 31.1. The van der Waals surface area contributed by atoms with Crippen LogP contribution in [0.4, 0.5) is 0 Å². The van der Waals surface area contributed by atoms with Gasteiger partial charge in [0.25, 0.3) is 0 Å². The molecule has 2 aliphatic carbocycles. The molecule has 36 heavy (non-hydrogen) atoms. The van der Waals surface area contributed by atoms with Crippen molar-refractivity contribution < 1.29 is 9.47 Å². The summed E-state index contributed by atoms with van der Waals surface area (Å²) in [6.45, 7) is 0. The van der Waals surface area contributed by atoms with Gasteiger partial charge in [-0.1, -0.05) is 108 Å².